The Morgan fingerprint density at radius 2 is 2.38 bits per heavy atom. The van der Waals surface area contributed by atoms with Crippen LogP contribution in [0.5, 0.6) is 17.4 Å². The third kappa shape index (κ3) is 3.60. The van der Waals surface area contributed by atoms with Crippen LogP contribution in [0, 0.1) is 0 Å². The van der Waals surface area contributed by atoms with Crippen LogP contribution in [0.4, 0.5) is 0 Å². The van der Waals surface area contributed by atoms with Crippen molar-refractivity contribution in [2.24, 2.45) is 0 Å². The van der Waals surface area contributed by atoms with Gasteiger partial charge < -0.3 is 24.6 Å². The predicted octanol–water partition coefficient (Wildman–Crippen LogP) is 0.796. The van der Waals surface area contributed by atoms with Gasteiger partial charge in [-0.3, -0.25) is 0 Å². The molecule has 1 atom stereocenters. The van der Waals surface area contributed by atoms with Crippen molar-refractivity contribution in [2.75, 3.05) is 19.9 Å². The molecule has 112 valence electrons. The lowest BCUT2D eigenvalue weighted by Crippen LogP contribution is -2.31. The third-order valence-electron chi connectivity index (χ3n) is 2.94. The molecule has 3 rings (SSSR count). The summed E-state index contributed by atoms with van der Waals surface area (Å²) in [5.74, 6) is 1.96. The number of rotatable bonds is 7. The van der Waals surface area contributed by atoms with Gasteiger partial charge in [-0.1, -0.05) is 12.1 Å². The molecule has 0 saturated heterocycles. The molecular weight excluding hydrogens is 294 g/mol. The molecule has 1 aromatic heterocycles. The van der Waals surface area contributed by atoms with Crippen LogP contribution in [0.15, 0.2) is 24.4 Å². The van der Waals surface area contributed by atoms with E-state index in [0.717, 1.165) is 28.8 Å². The van der Waals surface area contributed by atoms with Gasteiger partial charge in [0.1, 0.15) is 18.9 Å². The van der Waals surface area contributed by atoms with Crippen LogP contribution in [0.1, 0.15) is 5.56 Å². The maximum absolute atomic E-state index is 9.83. The molecule has 0 fully saturated rings. The van der Waals surface area contributed by atoms with E-state index >= 15 is 0 Å². The Morgan fingerprint density at radius 1 is 1.43 bits per heavy atom. The van der Waals surface area contributed by atoms with Crippen molar-refractivity contribution in [2.45, 2.75) is 12.6 Å². The van der Waals surface area contributed by atoms with Crippen LogP contribution >= 0.6 is 11.7 Å². The Morgan fingerprint density at radius 3 is 3.24 bits per heavy atom. The number of ether oxygens (including phenoxy) is 3. The Bertz CT molecular complexity index is 579. The first-order valence-corrected chi connectivity index (χ1v) is 7.22. The van der Waals surface area contributed by atoms with Gasteiger partial charge in [0.05, 0.1) is 11.7 Å². The van der Waals surface area contributed by atoms with Gasteiger partial charge in [-0.15, -0.1) is 4.37 Å². The van der Waals surface area contributed by atoms with Crippen LogP contribution in [0.25, 0.3) is 0 Å². The van der Waals surface area contributed by atoms with Crippen molar-refractivity contribution in [3.63, 3.8) is 0 Å². The Labute approximate surface area is 125 Å². The molecule has 21 heavy (non-hydrogen) atoms. The second-order valence-electron chi connectivity index (χ2n) is 4.49. The number of aliphatic hydroxyl groups excluding tert-OH is 1. The number of aliphatic hydroxyl groups is 1. The summed E-state index contributed by atoms with van der Waals surface area (Å²) in [6.45, 7) is 1.42. The molecule has 0 saturated carbocycles. The lowest BCUT2D eigenvalue weighted by Gasteiger charge is -2.12. The molecule has 1 aliphatic heterocycles. The van der Waals surface area contributed by atoms with Gasteiger partial charge in [0, 0.05) is 18.7 Å². The zero-order valence-corrected chi connectivity index (χ0v) is 12.0. The summed E-state index contributed by atoms with van der Waals surface area (Å²) in [5, 5.41) is 13.0. The normalized spacial score (nSPS) is 14.1. The van der Waals surface area contributed by atoms with Gasteiger partial charge in [0.2, 0.25) is 12.7 Å². The molecule has 1 unspecified atom stereocenters. The first-order chi connectivity index (χ1) is 10.3. The highest BCUT2D eigenvalue weighted by molar-refractivity contribution is 6.99. The maximum atomic E-state index is 9.83. The summed E-state index contributed by atoms with van der Waals surface area (Å²) < 4.78 is 23.7. The van der Waals surface area contributed by atoms with Crippen molar-refractivity contribution >= 4 is 11.7 Å². The molecule has 0 bridgehead atoms. The summed E-state index contributed by atoms with van der Waals surface area (Å²) in [6.07, 6.45) is 0.899. The quantitative estimate of drug-likeness (QED) is 0.782. The first-order valence-electron chi connectivity index (χ1n) is 6.49. The van der Waals surface area contributed by atoms with E-state index in [4.69, 9.17) is 14.2 Å². The fourth-order valence-corrected chi connectivity index (χ4v) is 2.33. The number of benzene rings is 1. The third-order valence-corrected chi connectivity index (χ3v) is 3.40. The monoisotopic (exact) mass is 309 g/mol. The summed E-state index contributed by atoms with van der Waals surface area (Å²) in [7, 11) is 0. The number of aromatic nitrogens is 2. The second kappa shape index (κ2) is 6.70. The van der Waals surface area contributed by atoms with E-state index in [-0.39, 0.29) is 13.4 Å². The summed E-state index contributed by atoms with van der Waals surface area (Å²) >= 11 is 1.07. The van der Waals surface area contributed by atoms with Gasteiger partial charge >= 0.3 is 0 Å². The second-order valence-corrected chi connectivity index (χ2v) is 5.05. The minimum absolute atomic E-state index is 0.172. The average Bonchev–Trinajstić information content (AvgIpc) is 3.16. The van der Waals surface area contributed by atoms with E-state index in [1.54, 1.807) is 0 Å². The van der Waals surface area contributed by atoms with Crippen molar-refractivity contribution in [3.8, 4) is 17.4 Å². The van der Waals surface area contributed by atoms with Crippen molar-refractivity contribution in [1.82, 2.24) is 14.1 Å². The Hall–Kier alpha value is -1.90. The zero-order valence-electron chi connectivity index (χ0n) is 11.2. The molecular formula is C13H15N3O4S. The molecule has 0 spiro atoms. The molecule has 1 aliphatic rings. The minimum Gasteiger partial charge on any atom is -0.473 e. The van der Waals surface area contributed by atoms with Crippen molar-refractivity contribution in [3.05, 3.63) is 30.0 Å². The number of fused-ring (bicyclic) bond motifs is 1. The lowest BCUT2D eigenvalue weighted by atomic mass is 10.2. The number of nitrogens with one attached hydrogen (secondary N) is 1. The fraction of sp³-hybridized carbons (Fsp3) is 0.385. The summed E-state index contributed by atoms with van der Waals surface area (Å²) in [5.41, 5.74) is 1.00. The van der Waals surface area contributed by atoms with E-state index in [9.17, 15) is 5.11 Å². The first kappa shape index (κ1) is 14.1. The van der Waals surface area contributed by atoms with E-state index < -0.39 is 6.10 Å². The van der Waals surface area contributed by atoms with Gasteiger partial charge in [-0.25, -0.2) is 0 Å². The van der Waals surface area contributed by atoms with Crippen LogP contribution in [-0.4, -0.2) is 39.9 Å². The Kier molecular flexibility index (Phi) is 4.49. The zero-order chi connectivity index (χ0) is 14.5. The van der Waals surface area contributed by atoms with Crippen molar-refractivity contribution < 1.29 is 19.3 Å². The van der Waals surface area contributed by atoms with Crippen LogP contribution in [-0.2, 0) is 6.54 Å². The van der Waals surface area contributed by atoms with Gasteiger partial charge in [0.15, 0.2) is 11.5 Å². The number of para-hydroxylation sites is 1. The molecule has 0 aliphatic carbocycles. The molecule has 2 aromatic rings. The highest BCUT2D eigenvalue weighted by Crippen LogP contribution is 2.35. The molecule has 8 heteroatoms. The summed E-state index contributed by atoms with van der Waals surface area (Å²) in [4.78, 5) is 0. The topological polar surface area (TPSA) is 85.7 Å². The highest BCUT2D eigenvalue weighted by atomic mass is 32.1. The Balaban J connectivity index is 1.42. The number of nitrogens with zero attached hydrogens (tertiary/aromatic N) is 2. The molecule has 2 heterocycles. The smallest absolute Gasteiger partial charge is 0.245 e. The average molecular weight is 309 g/mol. The minimum atomic E-state index is -0.624. The fourth-order valence-electron chi connectivity index (χ4n) is 1.96. The van der Waals surface area contributed by atoms with Crippen LogP contribution in [0.2, 0.25) is 0 Å². The molecule has 7 nitrogen and oxygen atoms in total. The van der Waals surface area contributed by atoms with Gasteiger partial charge in [-0.05, 0) is 6.07 Å². The standard InChI is InChI=1S/C13H15N3O4S/c17-10(7-18-12-6-15-21-16-12)5-14-4-9-2-1-3-11-13(9)20-8-19-11/h1-3,6,10,14,17H,4-5,7-8H2. The van der Waals surface area contributed by atoms with E-state index in [1.165, 1.54) is 6.20 Å². The SMILES string of the molecule is OC(CNCc1cccc2c1OCO2)COc1cnsn1. The predicted molar refractivity (Wildman–Crippen MR) is 75.7 cm³/mol. The van der Waals surface area contributed by atoms with Gasteiger partial charge in [0.25, 0.3) is 0 Å². The molecule has 0 radical (unpaired) electrons. The van der Waals surface area contributed by atoms with Crippen LogP contribution < -0.4 is 19.5 Å². The highest BCUT2D eigenvalue weighted by Gasteiger charge is 2.17. The van der Waals surface area contributed by atoms with E-state index in [0.29, 0.717) is 19.0 Å². The van der Waals surface area contributed by atoms with E-state index in [2.05, 4.69) is 14.1 Å². The van der Waals surface area contributed by atoms with Crippen LogP contribution in [0.3, 0.4) is 0 Å². The maximum Gasteiger partial charge on any atom is 0.245 e. The lowest BCUT2D eigenvalue weighted by molar-refractivity contribution is 0.104. The number of hydrogen-bond donors (Lipinski definition) is 2. The summed E-state index contributed by atoms with van der Waals surface area (Å²) in [6, 6.07) is 5.75. The van der Waals surface area contributed by atoms with E-state index in [1.807, 2.05) is 18.2 Å². The largest absolute Gasteiger partial charge is 0.473 e. The molecule has 1 aromatic carbocycles. The van der Waals surface area contributed by atoms with Crippen molar-refractivity contribution in [1.29, 1.82) is 0 Å². The molecule has 2 N–H and O–H groups in total. The molecule has 0 amide bonds. The van der Waals surface area contributed by atoms with Gasteiger partial charge in [-0.2, -0.15) is 4.37 Å². The number of hydrogen-bond acceptors (Lipinski definition) is 8.